The van der Waals surface area contributed by atoms with Gasteiger partial charge in [-0.15, -0.1) is 0 Å². The molecule has 0 aromatic carbocycles. The summed E-state index contributed by atoms with van der Waals surface area (Å²) in [6, 6.07) is 0.218. The number of hydrogen-bond donors (Lipinski definition) is 1. The topological polar surface area (TPSA) is 46.3 Å². The Labute approximate surface area is 79.3 Å². The quantitative estimate of drug-likeness (QED) is 0.679. The molecular weight excluding hydrogens is 164 g/mol. The molecule has 2 N–H and O–H groups in total. The molecule has 1 heterocycles. The molecule has 2 rings (SSSR count). The maximum atomic E-state index is 11.8. The standard InChI is InChI=1S/C10H18N2O/c1-7(8-2-3-8)10(13)12-5-4-9(11)6-12/h7-9H,2-6,11H2,1H3/t7?,9-/m0/s1. The minimum absolute atomic E-state index is 0.218. The summed E-state index contributed by atoms with van der Waals surface area (Å²) in [7, 11) is 0. The number of rotatable bonds is 2. The van der Waals surface area contributed by atoms with Gasteiger partial charge in [0.05, 0.1) is 0 Å². The van der Waals surface area contributed by atoms with Crippen LogP contribution in [0.25, 0.3) is 0 Å². The normalized spacial score (nSPS) is 30.6. The Morgan fingerprint density at radius 2 is 2.15 bits per heavy atom. The van der Waals surface area contributed by atoms with Gasteiger partial charge in [-0.2, -0.15) is 0 Å². The molecule has 1 aliphatic carbocycles. The van der Waals surface area contributed by atoms with Crippen molar-refractivity contribution in [3.63, 3.8) is 0 Å². The van der Waals surface area contributed by atoms with E-state index in [9.17, 15) is 4.79 Å². The lowest BCUT2D eigenvalue weighted by molar-refractivity contribution is -0.134. The van der Waals surface area contributed by atoms with Crippen LogP contribution in [0.3, 0.4) is 0 Å². The van der Waals surface area contributed by atoms with E-state index in [1.165, 1.54) is 12.8 Å². The molecular formula is C10H18N2O. The van der Waals surface area contributed by atoms with Crippen LogP contribution in [0, 0.1) is 11.8 Å². The Kier molecular flexibility index (Phi) is 2.28. The number of likely N-dealkylation sites (tertiary alicyclic amines) is 1. The number of nitrogens with zero attached hydrogens (tertiary/aromatic N) is 1. The fourth-order valence-corrected chi connectivity index (χ4v) is 2.07. The number of hydrogen-bond acceptors (Lipinski definition) is 2. The van der Waals surface area contributed by atoms with Crippen LogP contribution in [0.4, 0.5) is 0 Å². The van der Waals surface area contributed by atoms with Crippen molar-refractivity contribution >= 4 is 5.91 Å². The lowest BCUT2D eigenvalue weighted by atomic mass is 10.1. The number of carbonyl (C=O) groups is 1. The first kappa shape index (κ1) is 9.00. The molecule has 74 valence electrons. The molecule has 3 nitrogen and oxygen atoms in total. The van der Waals surface area contributed by atoms with Crippen molar-refractivity contribution in [2.45, 2.75) is 32.2 Å². The molecule has 1 saturated carbocycles. The van der Waals surface area contributed by atoms with Crippen LogP contribution in [-0.4, -0.2) is 29.9 Å². The molecule has 0 radical (unpaired) electrons. The average Bonchev–Trinajstić information content (AvgIpc) is 2.87. The van der Waals surface area contributed by atoms with Crippen molar-refractivity contribution in [3.05, 3.63) is 0 Å². The Bertz CT molecular complexity index is 213. The van der Waals surface area contributed by atoms with Gasteiger partial charge < -0.3 is 10.6 Å². The molecule has 0 spiro atoms. The molecule has 1 unspecified atom stereocenters. The maximum Gasteiger partial charge on any atom is 0.225 e. The monoisotopic (exact) mass is 182 g/mol. The predicted octanol–water partition coefficient (Wildman–Crippen LogP) is 0.592. The van der Waals surface area contributed by atoms with E-state index in [1.807, 2.05) is 4.90 Å². The van der Waals surface area contributed by atoms with Crippen molar-refractivity contribution in [1.29, 1.82) is 0 Å². The third-order valence-electron chi connectivity index (χ3n) is 3.26. The number of nitrogens with two attached hydrogens (primary N) is 1. The van der Waals surface area contributed by atoms with E-state index in [0.717, 1.165) is 19.5 Å². The first-order valence-corrected chi connectivity index (χ1v) is 5.23. The molecule has 1 aliphatic heterocycles. The van der Waals surface area contributed by atoms with Gasteiger partial charge in [-0.1, -0.05) is 6.92 Å². The van der Waals surface area contributed by atoms with E-state index in [1.54, 1.807) is 0 Å². The van der Waals surface area contributed by atoms with Crippen LogP contribution in [-0.2, 0) is 4.79 Å². The molecule has 2 atom stereocenters. The largest absolute Gasteiger partial charge is 0.341 e. The molecule has 1 saturated heterocycles. The summed E-state index contributed by atoms with van der Waals surface area (Å²) in [6.45, 7) is 3.71. The minimum Gasteiger partial charge on any atom is -0.341 e. The van der Waals surface area contributed by atoms with Crippen LogP contribution in [0.2, 0.25) is 0 Å². The molecule has 13 heavy (non-hydrogen) atoms. The van der Waals surface area contributed by atoms with Gasteiger partial charge in [0, 0.05) is 25.0 Å². The highest BCUT2D eigenvalue weighted by Crippen LogP contribution is 2.37. The fraction of sp³-hybridized carbons (Fsp3) is 0.900. The van der Waals surface area contributed by atoms with Crippen LogP contribution >= 0.6 is 0 Å². The zero-order chi connectivity index (χ0) is 9.42. The van der Waals surface area contributed by atoms with Crippen molar-refractivity contribution < 1.29 is 4.79 Å². The van der Waals surface area contributed by atoms with Crippen molar-refractivity contribution in [2.75, 3.05) is 13.1 Å². The minimum atomic E-state index is 0.218. The average molecular weight is 182 g/mol. The summed E-state index contributed by atoms with van der Waals surface area (Å²) in [4.78, 5) is 13.8. The second-order valence-electron chi connectivity index (χ2n) is 4.46. The third-order valence-corrected chi connectivity index (χ3v) is 3.26. The van der Waals surface area contributed by atoms with E-state index < -0.39 is 0 Å². The summed E-state index contributed by atoms with van der Waals surface area (Å²) in [5.74, 6) is 1.24. The molecule has 2 fully saturated rings. The SMILES string of the molecule is CC(C(=O)N1CC[C@H](N)C1)C1CC1. The maximum absolute atomic E-state index is 11.8. The molecule has 2 aliphatic rings. The van der Waals surface area contributed by atoms with Crippen molar-refractivity contribution in [2.24, 2.45) is 17.6 Å². The molecule has 0 aromatic heterocycles. The zero-order valence-electron chi connectivity index (χ0n) is 8.20. The first-order valence-electron chi connectivity index (χ1n) is 5.23. The van der Waals surface area contributed by atoms with Crippen molar-refractivity contribution in [1.82, 2.24) is 4.90 Å². The van der Waals surface area contributed by atoms with Gasteiger partial charge in [0.2, 0.25) is 5.91 Å². The van der Waals surface area contributed by atoms with E-state index in [-0.39, 0.29) is 12.0 Å². The van der Waals surface area contributed by atoms with Gasteiger partial charge in [-0.25, -0.2) is 0 Å². The van der Waals surface area contributed by atoms with Gasteiger partial charge in [0.15, 0.2) is 0 Å². The lowest BCUT2D eigenvalue weighted by Crippen LogP contribution is -2.36. The molecule has 0 aromatic rings. The third kappa shape index (κ3) is 1.85. The summed E-state index contributed by atoms with van der Waals surface area (Å²) in [5, 5.41) is 0. The van der Waals surface area contributed by atoms with E-state index in [4.69, 9.17) is 5.73 Å². The van der Waals surface area contributed by atoms with Crippen LogP contribution in [0.15, 0.2) is 0 Å². The predicted molar refractivity (Wildman–Crippen MR) is 51.1 cm³/mol. The van der Waals surface area contributed by atoms with Crippen molar-refractivity contribution in [3.8, 4) is 0 Å². The van der Waals surface area contributed by atoms with Gasteiger partial charge >= 0.3 is 0 Å². The van der Waals surface area contributed by atoms with Crippen LogP contribution in [0.1, 0.15) is 26.2 Å². The van der Waals surface area contributed by atoms with E-state index in [0.29, 0.717) is 11.8 Å². The lowest BCUT2D eigenvalue weighted by Gasteiger charge is -2.20. The zero-order valence-corrected chi connectivity index (χ0v) is 8.20. The number of amides is 1. The summed E-state index contributed by atoms with van der Waals surface area (Å²) in [5.41, 5.74) is 5.76. The Balaban J connectivity index is 1.88. The van der Waals surface area contributed by atoms with Gasteiger partial charge in [0.1, 0.15) is 0 Å². The van der Waals surface area contributed by atoms with Gasteiger partial charge in [0.25, 0.3) is 0 Å². The van der Waals surface area contributed by atoms with E-state index >= 15 is 0 Å². The summed E-state index contributed by atoms with van der Waals surface area (Å²) in [6.07, 6.45) is 3.46. The first-order chi connectivity index (χ1) is 6.18. The van der Waals surface area contributed by atoms with Crippen LogP contribution < -0.4 is 5.73 Å². The Morgan fingerprint density at radius 1 is 1.46 bits per heavy atom. The fourth-order valence-electron chi connectivity index (χ4n) is 2.07. The Hall–Kier alpha value is -0.570. The highest BCUT2D eigenvalue weighted by molar-refractivity contribution is 5.79. The smallest absolute Gasteiger partial charge is 0.225 e. The van der Waals surface area contributed by atoms with Gasteiger partial charge in [-0.05, 0) is 25.2 Å². The molecule has 1 amide bonds. The summed E-state index contributed by atoms with van der Waals surface area (Å²) >= 11 is 0. The number of carbonyl (C=O) groups excluding carboxylic acids is 1. The van der Waals surface area contributed by atoms with Crippen LogP contribution in [0.5, 0.6) is 0 Å². The van der Waals surface area contributed by atoms with E-state index in [2.05, 4.69) is 6.92 Å². The highest BCUT2D eigenvalue weighted by atomic mass is 16.2. The highest BCUT2D eigenvalue weighted by Gasteiger charge is 2.36. The second kappa shape index (κ2) is 3.29. The summed E-state index contributed by atoms with van der Waals surface area (Å²) < 4.78 is 0. The molecule has 3 heteroatoms. The van der Waals surface area contributed by atoms with Gasteiger partial charge in [-0.3, -0.25) is 4.79 Å². The second-order valence-corrected chi connectivity index (χ2v) is 4.46. The molecule has 0 bridgehead atoms. The Morgan fingerprint density at radius 3 is 2.62 bits per heavy atom.